The van der Waals surface area contributed by atoms with Gasteiger partial charge >= 0.3 is 0 Å². The molecule has 0 unspecified atom stereocenters. The maximum Gasteiger partial charge on any atom is 0.254 e. The highest BCUT2D eigenvalue weighted by molar-refractivity contribution is 5.95. The van der Waals surface area contributed by atoms with E-state index in [1.54, 1.807) is 19.2 Å². The lowest BCUT2D eigenvalue weighted by molar-refractivity contribution is -0.135. The summed E-state index contributed by atoms with van der Waals surface area (Å²) in [5.74, 6) is 0.880. The Labute approximate surface area is 165 Å². The van der Waals surface area contributed by atoms with Gasteiger partial charge < -0.3 is 14.5 Å². The van der Waals surface area contributed by atoms with Crippen LogP contribution in [0, 0.1) is 6.92 Å². The van der Waals surface area contributed by atoms with Gasteiger partial charge in [0.2, 0.25) is 5.91 Å². The summed E-state index contributed by atoms with van der Waals surface area (Å²) in [5, 5.41) is 0. The standard InChI is InChI=1S/C23H26N2O3/c1-17-5-3-7-19(15-17)23(9-10-23)22(27)25-13-11-24(12-14-25)21(26)18-6-4-8-20(16-18)28-2/h3-8,15-16H,9-14H2,1-2H3. The number of hydrogen-bond donors (Lipinski definition) is 0. The quantitative estimate of drug-likeness (QED) is 0.822. The Kier molecular flexibility index (Phi) is 4.84. The lowest BCUT2D eigenvalue weighted by Crippen LogP contribution is -2.53. The second-order valence-electron chi connectivity index (χ2n) is 7.77. The van der Waals surface area contributed by atoms with Crippen molar-refractivity contribution >= 4 is 11.8 Å². The van der Waals surface area contributed by atoms with Crippen LogP contribution in [0.1, 0.15) is 34.3 Å². The van der Waals surface area contributed by atoms with E-state index in [9.17, 15) is 9.59 Å². The fraction of sp³-hybridized carbons (Fsp3) is 0.391. The van der Waals surface area contributed by atoms with Gasteiger partial charge in [0.05, 0.1) is 12.5 Å². The van der Waals surface area contributed by atoms with E-state index >= 15 is 0 Å². The van der Waals surface area contributed by atoms with Gasteiger partial charge in [0.25, 0.3) is 5.91 Å². The summed E-state index contributed by atoms with van der Waals surface area (Å²) in [4.78, 5) is 29.8. The number of benzene rings is 2. The van der Waals surface area contributed by atoms with E-state index < -0.39 is 0 Å². The van der Waals surface area contributed by atoms with Crippen LogP contribution in [0.4, 0.5) is 0 Å². The second-order valence-corrected chi connectivity index (χ2v) is 7.77. The van der Waals surface area contributed by atoms with Crippen molar-refractivity contribution in [3.63, 3.8) is 0 Å². The van der Waals surface area contributed by atoms with E-state index in [4.69, 9.17) is 4.74 Å². The van der Waals surface area contributed by atoms with Gasteiger partial charge in [0.1, 0.15) is 5.75 Å². The zero-order valence-electron chi connectivity index (χ0n) is 16.5. The van der Waals surface area contributed by atoms with Crippen molar-refractivity contribution in [3.05, 3.63) is 65.2 Å². The molecule has 0 bridgehead atoms. The number of methoxy groups -OCH3 is 1. The molecule has 0 atom stereocenters. The summed E-state index contributed by atoms with van der Waals surface area (Å²) < 4.78 is 5.21. The SMILES string of the molecule is COc1cccc(C(=O)N2CCN(C(=O)C3(c4cccc(C)c4)CC3)CC2)c1. The van der Waals surface area contributed by atoms with Crippen LogP contribution in [0.2, 0.25) is 0 Å². The molecule has 2 aromatic carbocycles. The molecule has 1 heterocycles. The van der Waals surface area contributed by atoms with Crippen molar-refractivity contribution in [1.29, 1.82) is 0 Å². The molecule has 2 amide bonds. The lowest BCUT2D eigenvalue weighted by atomic mass is 9.92. The average molecular weight is 378 g/mol. The molecule has 2 aromatic rings. The molecule has 2 aliphatic rings. The van der Waals surface area contributed by atoms with E-state index in [1.807, 2.05) is 28.0 Å². The van der Waals surface area contributed by atoms with Crippen molar-refractivity contribution in [3.8, 4) is 5.75 Å². The largest absolute Gasteiger partial charge is 0.497 e. The maximum atomic E-state index is 13.2. The summed E-state index contributed by atoms with van der Waals surface area (Å²) in [5.41, 5.74) is 2.60. The zero-order chi connectivity index (χ0) is 19.7. The van der Waals surface area contributed by atoms with Crippen molar-refractivity contribution in [2.75, 3.05) is 33.3 Å². The van der Waals surface area contributed by atoms with Crippen molar-refractivity contribution in [1.82, 2.24) is 9.80 Å². The maximum absolute atomic E-state index is 13.2. The van der Waals surface area contributed by atoms with E-state index in [0.717, 1.165) is 18.4 Å². The number of carbonyl (C=O) groups is 2. The lowest BCUT2D eigenvalue weighted by Gasteiger charge is -2.36. The Bertz CT molecular complexity index is 896. The van der Waals surface area contributed by atoms with E-state index in [2.05, 4.69) is 25.1 Å². The van der Waals surface area contributed by atoms with Gasteiger partial charge in [-0.05, 0) is 43.5 Å². The Morgan fingerprint density at radius 1 is 0.929 bits per heavy atom. The average Bonchev–Trinajstić information content (AvgIpc) is 3.55. The fourth-order valence-electron chi connectivity index (χ4n) is 4.05. The first-order valence-electron chi connectivity index (χ1n) is 9.83. The van der Waals surface area contributed by atoms with Crippen LogP contribution in [0.25, 0.3) is 0 Å². The highest BCUT2D eigenvalue weighted by atomic mass is 16.5. The van der Waals surface area contributed by atoms with Crippen molar-refractivity contribution < 1.29 is 14.3 Å². The number of hydrogen-bond acceptors (Lipinski definition) is 3. The van der Waals surface area contributed by atoms with Crippen LogP contribution in [0.5, 0.6) is 5.75 Å². The van der Waals surface area contributed by atoms with E-state index in [0.29, 0.717) is 37.5 Å². The first-order valence-corrected chi connectivity index (χ1v) is 9.83. The van der Waals surface area contributed by atoms with Crippen LogP contribution in [-0.2, 0) is 10.2 Å². The predicted molar refractivity (Wildman–Crippen MR) is 108 cm³/mol. The van der Waals surface area contributed by atoms with Crippen LogP contribution >= 0.6 is 0 Å². The molecule has 146 valence electrons. The molecule has 1 aliphatic carbocycles. The molecular formula is C23H26N2O3. The molecule has 0 N–H and O–H groups in total. The normalized spacial score (nSPS) is 17.9. The number of ether oxygens (including phenoxy) is 1. The van der Waals surface area contributed by atoms with Crippen molar-refractivity contribution in [2.45, 2.75) is 25.2 Å². The predicted octanol–water partition coefficient (Wildman–Crippen LogP) is 3.02. The van der Waals surface area contributed by atoms with Gasteiger partial charge in [-0.1, -0.05) is 35.9 Å². The van der Waals surface area contributed by atoms with Crippen LogP contribution in [0.15, 0.2) is 48.5 Å². The van der Waals surface area contributed by atoms with E-state index in [1.165, 1.54) is 5.56 Å². The van der Waals surface area contributed by atoms with Crippen LogP contribution in [0.3, 0.4) is 0 Å². The summed E-state index contributed by atoms with van der Waals surface area (Å²) in [6, 6.07) is 15.5. The van der Waals surface area contributed by atoms with Crippen LogP contribution in [-0.4, -0.2) is 54.9 Å². The molecular weight excluding hydrogens is 352 g/mol. The summed E-state index contributed by atoms with van der Waals surface area (Å²) in [6.45, 7) is 4.36. The number of carbonyl (C=O) groups excluding carboxylic acids is 2. The summed E-state index contributed by atoms with van der Waals surface area (Å²) >= 11 is 0. The Morgan fingerprint density at radius 3 is 2.25 bits per heavy atom. The topological polar surface area (TPSA) is 49.9 Å². The van der Waals surface area contributed by atoms with Gasteiger partial charge in [0.15, 0.2) is 0 Å². The number of rotatable bonds is 4. The fourth-order valence-corrected chi connectivity index (χ4v) is 4.05. The number of piperazine rings is 1. The molecule has 0 spiro atoms. The van der Waals surface area contributed by atoms with Gasteiger partial charge in [-0.3, -0.25) is 9.59 Å². The molecule has 0 aromatic heterocycles. The third-order valence-corrected chi connectivity index (χ3v) is 5.90. The second kappa shape index (κ2) is 7.30. The molecule has 2 fully saturated rings. The Balaban J connectivity index is 1.41. The highest BCUT2D eigenvalue weighted by Crippen LogP contribution is 2.49. The third kappa shape index (κ3) is 3.37. The molecule has 1 saturated heterocycles. The Hall–Kier alpha value is -2.82. The Morgan fingerprint density at radius 2 is 1.61 bits per heavy atom. The van der Waals surface area contributed by atoms with Gasteiger partial charge in [0, 0.05) is 31.7 Å². The molecule has 5 heteroatoms. The smallest absolute Gasteiger partial charge is 0.254 e. The summed E-state index contributed by atoms with van der Waals surface area (Å²) in [7, 11) is 1.59. The number of nitrogens with zero attached hydrogens (tertiary/aromatic N) is 2. The monoisotopic (exact) mass is 378 g/mol. The molecule has 5 nitrogen and oxygen atoms in total. The zero-order valence-corrected chi connectivity index (χ0v) is 16.5. The first kappa shape index (κ1) is 18.5. The van der Waals surface area contributed by atoms with Crippen molar-refractivity contribution in [2.24, 2.45) is 0 Å². The summed E-state index contributed by atoms with van der Waals surface area (Å²) in [6.07, 6.45) is 1.83. The minimum Gasteiger partial charge on any atom is -0.497 e. The third-order valence-electron chi connectivity index (χ3n) is 5.90. The first-order chi connectivity index (χ1) is 13.5. The highest BCUT2D eigenvalue weighted by Gasteiger charge is 2.53. The molecule has 0 radical (unpaired) electrons. The molecule has 1 aliphatic heterocycles. The van der Waals surface area contributed by atoms with Gasteiger partial charge in [-0.25, -0.2) is 0 Å². The van der Waals surface area contributed by atoms with Gasteiger partial charge in [-0.15, -0.1) is 0 Å². The molecule has 1 saturated carbocycles. The minimum absolute atomic E-state index is 0.00850. The molecule has 4 rings (SSSR count). The minimum atomic E-state index is -0.342. The number of amides is 2. The van der Waals surface area contributed by atoms with Crippen LogP contribution < -0.4 is 4.74 Å². The van der Waals surface area contributed by atoms with E-state index in [-0.39, 0.29) is 17.2 Å². The van der Waals surface area contributed by atoms with Gasteiger partial charge in [-0.2, -0.15) is 0 Å². The number of aryl methyl sites for hydroxylation is 1. The molecule has 28 heavy (non-hydrogen) atoms.